The molecule has 1 aromatic rings. The minimum Gasteiger partial charge on any atom is -0.480 e. The molecule has 0 spiro atoms. The summed E-state index contributed by atoms with van der Waals surface area (Å²) < 4.78 is 0. The Labute approximate surface area is 90.1 Å². The maximum atomic E-state index is 11.4. The fourth-order valence-electron chi connectivity index (χ4n) is 0.963. The van der Waals surface area contributed by atoms with Crippen LogP contribution in [0.4, 0.5) is 5.13 Å². The fourth-order valence-corrected chi connectivity index (χ4v) is 1.51. The quantitative estimate of drug-likeness (QED) is 0.689. The normalized spacial score (nSPS) is 12.1. The number of thiazole rings is 1. The van der Waals surface area contributed by atoms with Crippen molar-refractivity contribution in [2.24, 2.45) is 0 Å². The first-order valence-electron chi connectivity index (χ1n) is 4.29. The highest BCUT2D eigenvalue weighted by atomic mass is 32.1. The van der Waals surface area contributed by atoms with Crippen LogP contribution in [-0.2, 0) is 4.79 Å². The van der Waals surface area contributed by atoms with Gasteiger partial charge in [0.1, 0.15) is 11.7 Å². The maximum absolute atomic E-state index is 11.4. The Balaban J connectivity index is 2.66. The molecule has 0 aliphatic carbocycles. The van der Waals surface area contributed by atoms with Crippen molar-refractivity contribution in [3.05, 3.63) is 11.1 Å². The van der Waals surface area contributed by atoms with Gasteiger partial charge in [-0.15, -0.1) is 11.3 Å². The van der Waals surface area contributed by atoms with Crippen LogP contribution in [0.25, 0.3) is 0 Å². The van der Waals surface area contributed by atoms with Gasteiger partial charge in [-0.05, 0) is 6.42 Å². The SMILES string of the molecule is CC[C@H](NC(=O)c1csc(N)n1)C(=O)O. The van der Waals surface area contributed by atoms with Gasteiger partial charge in [0.15, 0.2) is 5.13 Å². The minimum atomic E-state index is -1.06. The summed E-state index contributed by atoms with van der Waals surface area (Å²) in [5, 5.41) is 12.8. The molecular weight excluding hydrogens is 218 g/mol. The van der Waals surface area contributed by atoms with E-state index in [0.29, 0.717) is 6.42 Å². The minimum absolute atomic E-state index is 0.150. The lowest BCUT2D eigenvalue weighted by Gasteiger charge is -2.10. The van der Waals surface area contributed by atoms with E-state index < -0.39 is 17.9 Å². The molecule has 1 atom stereocenters. The van der Waals surface area contributed by atoms with Crippen LogP contribution < -0.4 is 11.1 Å². The van der Waals surface area contributed by atoms with Crippen molar-refractivity contribution in [2.75, 3.05) is 5.73 Å². The second-order valence-corrected chi connectivity index (χ2v) is 3.73. The van der Waals surface area contributed by atoms with Crippen LogP contribution in [0.5, 0.6) is 0 Å². The third kappa shape index (κ3) is 2.91. The van der Waals surface area contributed by atoms with E-state index in [1.165, 1.54) is 5.38 Å². The summed E-state index contributed by atoms with van der Waals surface area (Å²) >= 11 is 1.13. The van der Waals surface area contributed by atoms with Gasteiger partial charge in [-0.2, -0.15) is 0 Å². The number of nitrogens with two attached hydrogens (primary N) is 1. The summed E-state index contributed by atoms with van der Waals surface area (Å²) in [7, 11) is 0. The van der Waals surface area contributed by atoms with Crippen molar-refractivity contribution in [3.63, 3.8) is 0 Å². The summed E-state index contributed by atoms with van der Waals surface area (Å²) in [6.07, 6.45) is 0.320. The standard InChI is InChI=1S/C8H11N3O3S/c1-2-4(7(13)14)10-6(12)5-3-15-8(9)11-5/h3-4H,2H2,1H3,(H2,9,11)(H,10,12)(H,13,14)/t4-/m0/s1. The lowest BCUT2D eigenvalue weighted by atomic mass is 10.2. The van der Waals surface area contributed by atoms with Crippen molar-refractivity contribution in [1.82, 2.24) is 10.3 Å². The van der Waals surface area contributed by atoms with Gasteiger partial charge in [-0.1, -0.05) is 6.92 Å². The number of nitrogen functional groups attached to an aromatic ring is 1. The lowest BCUT2D eigenvalue weighted by Crippen LogP contribution is -2.40. The van der Waals surface area contributed by atoms with Crippen LogP contribution in [0, 0.1) is 0 Å². The highest BCUT2D eigenvalue weighted by molar-refractivity contribution is 7.13. The number of hydrogen-bond donors (Lipinski definition) is 3. The first-order chi connectivity index (χ1) is 7.04. The van der Waals surface area contributed by atoms with Crippen molar-refractivity contribution < 1.29 is 14.7 Å². The molecule has 15 heavy (non-hydrogen) atoms. The molecule has 1 heterocycles. The van der Waals surface area contributed by atoms with E-state index in [2.05, 4.69) is 10.3 Å². The van der Waals surface area contributed by atoms with E-state index in [0.717, 1.165) is 11.3 Å². The third-order valence-corrected chi connectivity index (χ3v) is 2.44. The van der Waals surface area contributed by atoms with Crippen molar-refractivity contribution in [2.45, 2.75) is 19.4 Å². The van der Waals surface area contributed by atoms with Crippen LogP contribution in [0.3, 0.4) is 0 Å². The Hall–Kier alpha value is -1.63. The summed E-state index contributed by atoms with van der Waals surface area (Å²) in [5.41, 5.74) is 5.50. The third-order valence-electron chi connectivity index (χ3n) is 1.77. The predicted molar refractivity (Wildman–Crippen MR) is 55.7 cm³/mol. The van der Waals surface area contributed by atoms with Gasteiger partial charge in [0, 0.05) is 5.38 Å². The number of hydrogen-bond acceptors (Lipinski definition) is 5. The molecule has 0 saturated heterocycles. The summed E-state index contributed by atoms with van der Waals surface area (Å²) in [4.78, 5) is 25.8. The van der Waals surface area contributed by atoms with Crippen LogP contribution in [0.2, 0.25) is 0 Å². The Morgan fingerprint density at radius 2 is 2.40 bits per heavy atom. The van der Waals surface area contributed by atoms with E-state index in [9.17, 15) is 9.59 Å². The van der Waals surface area contributed by atoms with E-state index >= 15 is 0 Å². The molecule has 0 saturated carbocycles. The highest BCUT2D eigenvalue weighted by Crippen LogP contribution is 2.10. The number of amides is 1. The molecule has 0 bridgehead atoms. The number of rotatable bonds is 4. The summed E-state index contributed by atoms with van der Waals surface area (Å²) in [5.74, 6) is -1.58. The summed E-state index contributed by atoms with van der Waals surface area (Å²) in [6.45, 7) is 1.68. The number of carboxylic acids is 1. The Morgan fingerprint density at radius 1 is 1.73 bits per heavy atom. The fraction of sp³-hybridized carbons (Fsp3) is 0.375. The molecule has 0 aliphatic rings. The van der Waals surface area contributed by atoms with Crippen LogP contribution in [-0.4, -0.2) is 28.0 Å². The number of carbonyl (C=O) groups is 2. The molecule has 1 rings (SSSR count). The summed E-state index contributed by atoms with van der Waals surface area (Å²) in [6, 6.07) is -0.888. The van der Waals surface area contributed by atoms with Crippen LogP contribution in [0.1, 0.15) is 23.8 Å². The Kier molecular flexibility index (Phi) is 3.62. The number of nitrogens with one attached hydrogen (secondary N) is 1. The molecule has 1 amide bonds. The van der Waals surface area contributed by atoms with E-state index in [1.807, 2.05) is 0 Å². The zero-order valence-electron chi connectivity index (χ0n) is 8.06. The molecule has 6 nitrogen and oxygen atoms in total. The van der Waals surface area contributed by atoms with Gasteiger partial charge in [-0.3, -0.25) is 4.79 Å². The molecular formula is C8H11N3O3S. The smallest absolute Gasteiger partial charge is 0.326 e. The van der Waals surface area contributed by atoms with Gasteiger partial charge in [-0.25, -0.2) is 9.78 Å². The molecule has 0 radical (unpaired) electrons. The number of aromatic nitrogens is 1. The second-order valence-electron chi connectivity index (χ2n) is 2.84. The molecule has 1 aromatic heterocycles. The van der Waals surface area contributed by atoms with Crippen LogP contribution >= 0.6 is 11.3 Å². The zero-order valence-corrected chi connectivity index (χ0v) is 8.87. The first kappa shape index (κ1) is 11.4. The average Bonchev–Trinajstić information content (AvgIpc) is 2.60. The maximum Gasteiger partial charge on any atom is 0.326 e. The van der Waals surface area contributed by atoms with Crippen molar-refractivity contribution in [3.8, 4) is 0 Å². The zero-order chi connectivity index (χ0) is 11.4. The monoisotopic (exact) mass is 229 g/mol. The van der Waals surface area contributed by atoms with Crippen molar-refractivity contribution >= 4 is 28.3 Å². The highest BCUT2D eigenvalue weighted by Gasteiger charge is 2.19. The number of anilines is 1. The first-order valence-corrected chi connectivity index (χ1v) is 5.17. The number of aliphatic carboxylic acids is 1. The molecule has 82 valence electrons. The number of carboxylic acid groups (broad SMARTS) is 1. The average molecular weight is 229 g/mol. The molecule has 7 heteroatoms. The molecule has 0 unspecified atom stereocenters. The van der Waals surface area contributed by atoms with Gasteiger partial charge in [0.2, 0.25) is 0 Å². The largest absolute Gasteiger partial charge is 0.480 e. The molecule has 0 aromatic carbocycles. The van der Waals surface area contributed by atoms with Gasteiger partial charge >= 0.3 is 5.97 Å². The second kappa shape index (κ2) is 4.74. The van der Waals surface area contributed by atoms with E-state index in [4.69, 9.17) is 10.8 Å². The predicted octanol–water partition coefficient (Wildman–Crippen LogP) is 0.318. The van der Waals surface area contributed by atoms with E-state index in [1.54, 1.807) is 6.92 Å². The topological polar surface area (TPSA) is 105 Å². The van der Waals surface area contributed by atoms with Crippen LogP contribution in [0.15, 0.2) is 5.38 Å². The van der Waals surface area contributed by atoms with Crippen molar-refractivity contribution in [1.29, 1.82) is 0 Å². The Bertz CT molecular complexity index is 377. The van der Waals surface area contributed by atoms with Gasteiger partial charge in [0.25, 0.3) is 5.91 Å². The molecule has 0 fully saturated rings. The van der Waals surface area contributed by atoms with Gasteiger partial charge < -0.3 is 16.2 Å². The lowest BCUT2D eigenvalue weighted by molar-refractivity contribution is -0.139. The Morgan fingerprint density at radius 3 is 2.80 bits per heavy atom. The van der Waals surface area contributed by atoms with Gasteiger partial charge in [0.05, 0.1) is 0 Å². The van der Waals surface area contributed by atoms with E-state index in [-0.39, 0.29) is 10.8 Å². The number of carbonyl (C=O) groups excluding carboxylic acids is 1. The number of nitrogens with zero attached hydrogens (tertiary/aromatic N) is 1. The molecule has 4 N–H and O–H groups in total. The molecule has 0 aliphatic heterocycles.